The molecule has 0 N–H and O–H groups in total. The van der Waals surface area contributed by atoms with Gasteiger partial charge in [0.1, 0.15) is 11.9 Å². The molecular formula is C23H14FN3. The highest BCUT2D eigenvalue weighted by molar-refractivity contribution is 6.14. The molecule has 0 atom stereocenters. The molecule has 0 amide bonds. The van der Waals surface area contributed by atoms with Gasteiger partial charge in [0.2, 0.25) is 0 Å². The number of nitrogens with zero attached hydrogens (tertiary/aromatic N) is 3. The Morgan fingerprint density at radius 2 is 1.52 bits per heavy atom. The summed E-state index contributed by atoms with van der Waals surface area (Å²) in [5, 5.41) is 9.75. The molecule has 0 aliphatic carbocycles. The topological polar surface area (TPSA) is 49.0 Å². The molecular weight excluding hydrogens is 337 g/mol. The van der Waals surface area contributed by atoms with Crippen LogP contribution < -0.4 is 0 Å². The highest BCUT2D eigenvalue weighted by Gasteiger charge is 2.14. The average Bonchev–Trinajstić information content (AvgIpc) is 2.73. The van der Waals surface area contributed by atoms with E-state index >= 15 is 0 Å². The maximum absolute atomic E-state index is 14.5. The standard InChI is InChI=1S/C23H14FN3/c24-20-14-21(23-18(19(20)15-25)12-7-13-26-23)27-22(16-8-3-1-4-9-16)17-10-5-2-6-11-17/h1-14H. The van der Waals surface area contributed by atoms with E-state index in [2.05, 4.69) is 4.98 Å². The molecule has 0 aliphatic heterocycles. The van der Waals surface area contributed by atoms with Gasteiger partial charge in [-0.05, 0) is 12.1 Å². The van der Waals surface area contributed by atoms with Gasteiger partial charge in [0.15, 0.2) is 0 Å². The summed E-state index contributed by atoms with van der Waals surface area (Å²) in [7, 11) is 0. The van der Waals surface area contributed by atoms with Crippen LogP contribution in [-0.2, 0) is 0 Å². The Morgan fingerprint density at radius 3 is 2.11 bits per heavy atom. The van der Waals surface area contributed by atoms with Crippen LogP contribution in [0, 0.1) is 17.1 Å². The van der Waals surface area contributed by atoms with E-state index < -0.39 is 5.82 Å². The van der Waals surface area contributed by atoms with Crippen LogP contribution in [0.25, 0.3) is 10.9 Å². The van der Waals surface area contributed by atoms with Crippen molar-refractivity contribution in [2.45, 2.75) is 0 Å². The fourth-order valence-electron chi connectivity index (χ4n) is 3.01. The van der Waals surface area contributed by atoms with Crippen LogP contribution >= 0.6 is 0 Å². The summed E-state index contributed by atoms with van der Waals surface area (Å²) in [4.78, 5) is 9.11. The minimum atomic E-state index is -0.600. The second kappa shape index (κ2) is 7.19. The molecule has 1 heterocycles. The molecule has 0 fully saturated rings. The molecule has 0 spiro atoms. The fraction of sp³-hybridized carbons (Fsp3) is 0. The summed E-state index contributed by atoms with van der Waals surface area (Å²) >= 11 is 0. The van der Waals surface area contributed by atoms with Crippen molar-refractivity contribution in [3.05, 3.63) is 108 Å². The highest BCUT2D eigenvalue weighted by Crippen LogP contribution is 2.30. The van der Waals surface area contributed by atoms with Crippen molar-refractivity contribution >= 4 is 22.3 Å². The monoisotopic (exact) mass is 351 g/mol. The molecule has 4 heteroatoms. The molecule has 0 saturated carbocycles. The third kappa shape index (κ3) is 3.19. The van der Waals surface area contributed by atoms with Gasteiger partial charge in [0, 0.05) is 28.8 Å². The quantitative estimate of drug-likeness (QED) is 0.463. The number of aliphatic imine (C=N–C) groups is 1. The van der Waals surface area contributed by atoms with Crippen LogP contribution in [-0.4, -0.2) is 10.7 Å². The van der Waals surface area contributed by atoms with E-state index in [-0.39, 0.29) is 5.56 Å². The Labute approximate surface area is 156 Å². The Morgan fingerprint density at radius 1 is 0.889 bits per heavy atom. The smallest absolute Gasteiger partial charge is 0.143 e. The van der Waals surface area contributed by atoms with Gasteiger partial charge >= 0.3 is 0 Å². The number of pyridine rings is 1. The van der Waals surface area contributed by atoms with E-state index in [1.54, 1.807) is 18.3 Å². The summed E-state index contributed by atoms with van der Waals surface area (Å²) < 4.78 is 14.5. The first-order chi connectivity index (χ1) is 13.3. The minimum Gasteiger partial charge on any atom is -0.254 e. The lowest BCUT2D eigenvalue weighted by Gasteiger charge is -2.10. The molecule has 0 unspecified atom stereocenters. The Bertz CT molecular complexity index is 1140. The SMILES string of the molecule is N#Cc1c(F)cc(N=C(c2ccccc2)c2ccccc2)c2ncccc12. The zero-order chi connectivity index (χ0) is 18.6. The van der Waals surface area contributed by atoms with Gasteiger partial charge in [-0.25, -0.2) is 9.38 Å². The van der Waals surface area contributed by atoms with Gasteiger partial charge in [-0.2, -0.15) is 5.26 Å². The van der Waals surface area contributed by atoms with Gasteiger partial charge in [0.05, 0.1) is 22.5 Å². The predicted molar refractivity (Wildman–Crippen MR) is 105 cm³/mol. The molecule has 3 aromatic carbocycles. The normalized spacial score (nSPS) is 10.4. The Hall–Kier alpha value is -3.84. The molecule has 0 saturated heterocycles. The number of hydrogen-bond acceptors (Lipinski definition) is 3. The molecule has 4 rings (SSSR count). The van der Waals surface area contributed by atoms with E-state index in [1.165, 1.54) is 6.07 Å². The predicted octanol–water partition coefficient (Wildman–Crippen LogP) is 5.41. The fourth-order valence-corrected chi connectivity index (χ4v) is 3.01. The third-order valence-electron chi connectivity index (χ3n) is 4.26. The van der Waals surface area contributed by atoms with Crippen LogP contribution in [0.5, 0.6) is 0 Å². The van der Waals surface area contributed by atoms with E-state index in [4.69, 9.17) is 4.99 Å². The Balaban J connectivity index is 2.01. The average molecular weight is 351 g/mol. The second-order valence-electron chi connectivity index (χ2n) is 5.96. The lowest BCUT2D eigenvalue weighted by atomic mass is 10.0. The first-order valence-corrected chi connectivity index (χ1v) is 8.45. The van der Waals surface area contributed by atoms with Crippen LogP contribution in [0.1, 0.15) is 16.7 Å². The first-order valence-electron chi connectivity index (χ1n) is 8.45. The zero-order valence-electron chi connectivity index (χ0n) is 14.3. The molecule has 0 radical (unpaired) electrons. The maximum atomic E-state index is 14.5. The summed E-state index contributed by atoms with van der Waals surface area (Å²) in [5.41, 5.74) is 3.42. The van der Waals surface area contributed by atoms with E-state index in [0.29, 0.717) is 22.3 Å². The van der Waals surface area contributed by atoms with Crippen LogP contribution in [0.4, 0.5) is 10.1 Å². The number of halogens is 1. The lowest BCUT2D eigenvalue weighted by molar-refractivity contribution is 0.626. The largest absolute Gasteiger partial charge is 0.254 e. The molecule has 4 aromatic rings. The number of aromatic nitrogens is 1. The summed E-state index contributed by atoms with van der Waals surface area (Å²) in [6.07, 6.45) is 1.62. The van der Waals surface area contributed by atoms with Gasteiger partial charge in [0.25, 0.3) is 0 Å². The van der Waals surface area contributed by atoms with Crippen molar-refractivity contribution in [2.24, 2.45) is 4.99 Å². The lowest BCUT2D eigenvalue weighted by Crippen LogP contribution is -2.03. The van der Waals surface area contributed by atoms with Crippen LogP contribution in [0.2, 0.25) is 0 Å². The number of nitriles is 1. The molecule has 3 nitrogen and oxygen atoms in total. The van der Waals surface area contributed by atoms with E-state index in [9.17, 15) is 9.65 Å². The van der Waals surface area contributed by atoms with Crippen molar-refractivity contribution in [3.8, 4) is 6.07 Å². The van der Waals surface area contributed by atoms with Crippen LogP contribution in [0.3, 0.4) is 0 Å². The van der Waals surface area contributed by atoms with Crippen molar-refractivity contribution < 1.29 is 4.39 Å². The van der Waals surface area contributed by atoms with E-state index in [0.717, 1.165) is 11.1 Å². The molecule has 128 valence electrons. The van der Waals surface area contributed by atoms with Gasteiger partial charge in [-0.15, -0.1) is 0 Å². The van der Waals surface area contributed by atoms with Crippen molar-refractivity contribution in [3.63, 3.8) is 0 Å². The minimum absolute atomic E-state index is 0.0157. The summed E-state index contributed by atoms with van der Waals surface area (Å²) in [5.74, 6) is -0.600. The first kappa shape index (κ1) is 16.6. The van der Waals surface area contributed by atoms with Crippen molar-refractivity contribution in [1.82, 2.24) is 4.98 Å². The maximum Gasteiger partial charge on any atom is 0.143 e. The second-order valence-corrected chi connectivity index (χ2v) is 5.96. The number of hydrogen-bond donors (Lipinski definition) is 0. The van der Waals surface area contributed by atoms with Crippen molar-refractivity contribution in [1.29, 1.82) is 5.26 Å². The molecule has 0 aliphatic rings. The van der Waals surface area contributed by atoms with E-state index in [1.807, 2.05) is 66.7 Å². The number of benzene rings is 3. The number of fused-ring (bicyclic) bond motifs is 1. The van der Waals surface area contributed by atoms with Crippen molar-refractivity contribution in [2.75, 3.05) is 0 Å². The molecule has 1 aromatic heterocycles. The third-order valence-corrected chi connectivity index (χ3v) is 4.26. The summed E-state index contributed by atoms with van der Waals surface area (Å²) in [6, 6.07) is 26.0. The van der Waals surface area contributed by atoms with Crippen LogP contribution in [0.15, 0.2) is 90.1 Å². The molecule has 27 heavy (non-hydrogen) atoms. The highest BCUT2D eigenvalue weighted by atomic mass is 19.1. The Kier molecular flexibility index (Phi) is 4.42. The van der Waals surface area contributed by atoms with Gasteiger partial charge in [-0.3, -0.25) is 4.98 Å². The molecule has 0 bridgehead atoms. The van der Waals surface area contributed by atoms with Gasteiger partial charge < -0.3 is 0 Å². The zero-order valence-corrected chi connectivity index (χ0v) is 14.3. The summed E-state index contributed by atoms with van der Waals surface area (Å²) in [6.45, 7) is 0. The van der Waals surface area contributed by atoms with Gasteiger partial charge in [-0.1, -0.05) is 60.7 Å². The number of rotatable bonds is 3.